The lowest BCUT2D eigenvalue weighted by Gasteiger charge is -2.29. The van der Waals surface area contributed by atoms with Crippen LogP contribution in [0.3, 0.4) is 0 Å². The molecule has 0 aliphatic carbocycles. The topological polar surface area (TPSA) is 222 Å². The molecule has 0 aliphatic rings. The predicted molar refractivity (Wildman–Crippen MR) is 198 cm³/mol. The Morgan fingerprint density at radius 3 is 1.56 bits per heavy atom. The zero-order valence-electron chi connectivity index (χ0n) is 33.4. The van der Waals surface area contributed by atoms with E-state index >= 15 is 0 Å². The molecule has 1 atom stereocenters. The summed E-state index contributed by atoms with van der Waals surface area (Å²) in [5.74, 6) is -1.35. The van der Waals surface area contributed by atoms with Gasteiger partial charge in [0.2, 0.25) is 23.6 Å². The third-order valence-electron chi connectivity index (χ3n) is 7.65. The van der Waals surface area contributed by atoms with E-state index in [1.807, 2.05) is 69.2 Å². The Bertz CT molecular complexity index is 1060. The van der Waals surface area contributed by atoms with E-state index < -0.39 is 40.0 Å². The van der Waals surface area contributed by atoms with Crippen molar-refractivity contribution in [1.29, 1.82) is 0 Å². The molecule has 1 unspecified atom stereocenters. The number of carbonyl (C=O) groups is 4. The Kier molecular flexibility index (Phi) is 19.6. The molecular weight excluding hydrogens is 642 g/mol. The molecule has 10 N–H and O–H groups in total. The van der Waals surface area contributed by atoms with Gasteiger partial charge in [-0.1, -0.05) is 0 Å². The Morgan fingerprint density at radius 1 is 0.600 bits per heavy atom. The maximum Gasteiger partial charge on any atom is 0.243 e. The van der Waals surface area contributed by atoms with Crippen LogP contribution in [0.25, 0.3) is 0 Å². The molecule has 0 spiro atoms. The quantitative estimate of drug-likeness (QED) is 0.0512. The standard InChI is InChI=1S/C36H73N7O7/c1-31(2,37)16-20-48-34(7,8)23-27(44)40-19-14-13-15-26(42-28(45)24-35(9,10)49-21-17-32(3,4)38)30(47)41-25-29(46)43-33(5,6)18-22-50-36(11,12)39/h26H,13-25,37-39H2,1-12H3,(H,40,44)(H,41,47)(H,42,45)(H,43,46). The Morgan fingerprint density at radius 2 is 1.08 bits per heavy atom. The average molecular weight is 716 g/mol. The van der Waals surface area contributed by atoms with E-state index in [4.69, 9.17) is 31.4 Å². The second-order valence-electron chi connectivity index (χ2n) is 17.4. The van der Waals surface area contributed by atoms with Gasteiger partial charge in [-0.05, 0) is 122 Å². The molecule has 4 amide bonds. The molecule has 294 valence electrons. The van der Waals surface area contributed by atoms with Gasteiger partial charge in [0.25, 0.3) is 0 Å². The van der Waals surface area contributed by atoms with Gasteiger partial charge in [0.15, 0.2) is 0 Å². The van der Waals surface area contributed by atoms with E-state index in [9.17, 15) is 19.2 Å². The third-order valence-corrected chi connectivity index (χ3v) is 7.65. The SMILES string of the molecule is CC(C)(N)CCOC(C)(C)CC(=O)NCCCCC(NC(=O)CC(C)(C)OCCC(C)(C)N)C(=O)NCC(=O)NC(C)(C)CCOC(C)(C)N. The molecule has 0 aromatic heterocycles. The van der Waals surface area contributed by atoms with Crippen LogP contribution in [0, 0.1) is 0 Å². The summed E-state index contributed by atoms with van der Waals surface area (Å²) in [4.78, 5) is 51.7. The molecule has 0 saturated heterocycles. The number of hydrogen-bond acceptors (Lipinski definition) is 10. The summed E-state index contributed by atoms with van der Waals surface area (Å²) in [5.41, 5.74) is 14.4. The van der Waals surface area contributed by atoms with Crippen molar-refractivity contribution in [2.24, 2.45) is 17.2 Å². The normalized spacial score (nSPS) is 13.8. The van der Waals surface area contributed by atoms with Crippen molar-refractivity contribution in [3.8, 4) is 0 Å². The number of rotatable bonds is 26. The summed E-state index contributed by atoms with van der Waals surface area (Å²) in [5, 5.41) is 11.3. The fraction of sp³-hybridized carbons (Fsp3) is 0.889. The molecule has 0 aromatic rings. The smallest absolute Gasteiger partial charge is 0.243 e. The lowest BCUT2D eigenvalue weighted by molar-refractivity contribution is -0.133. The third kappa shape index (κ3) is 27.4. The number of hydrogen-bond donors (Lipinski definition) is 7. The first-order valence-corrected chi connectivity index (χ1v) is 17.9. The van der Waals surface area contributed by atoms with Crippen LogP contribution >= 0.6 is 0 Å². The molecule has 0 radical (unpaired) electrons. The lowest BCUT2D eigenvalue weighted by Crippen LogP contribution is -2.52. The van der Waals surface area contributed by atoms with Gasteiger partial charge in [-0.15, -0.1) is 0 Å². The molecule has 0 rings (SSSR count). The highest BCUT2D eigenvalue weighted by molar-refractivity contribution is 5.90. The number of nitrogens with one attached hydrogen (secondary N) is 4. The Hall–Kier alpha value is -2.36. The number of amides is 4. The van der Waals surface area contributed by atoms with Crippen molar-refractivity contribution in [3.63, 3.8) is 0 Å². The van der Waals surface area contributed by atoms with Crippen molar-refractivity contribution < 1.29 is 33.4 Å². The van der Waals surface area contributed by atoms with Crippen LogP contribution in [-0.2, 0) is 33.4 Å². The van der Waals surface area contributed by atoms with Crippen LogP contribution in [0.2, 0.25) is 0 Å². The predicted octanol–water partition coefficient (Wildman–Crippen LogP) is 2.50. The number of carbonyl (C=O) groups excluding carboxylic acids is 4. The maximum atomic E-state index is 13.3. The molecular formula is C36H73N7O7. The van der Waals surface area contributed by atoms with E-state index in [-0.39, 0.29) is 42.6 Å². The van der Waals surface area contributed by atoms with E-state index in [0.29, 0.717) is 64.9 Å². The second kappa shape index (κ2) is 20.6. The number of ether oxygens (including phenoxy) is 3. The zero-order valence-corrected chi connectivity index (χ0v) is 33.4. The van der Waals surface area contributed by atoms with E-state index in [2.05, 4.69) is 21.3 Å². The number of nitrogens with two attached hydrogens (primary N) is 3. The van der Waals surface area contributed by atoms with E-state index in [1.165, 1.54) is 0 Å². The molecule has 0 heterocycles. The zero-order chi connectivity index (χ0) is 39.0. The van der Waals surface area contributed by atoms with Gasteiger partial charge in [-0.3, -0.25) is 19.2 Å². The summed E-state index contributed by atoms with van der Waals surface area (Å²) in [6.45, 7) is 23.6. The lowest BCUT2D eigenvalue weighted by atomic mass is 10.0. The highest BCUT2D eigenvalue weighted by Gasteiger charge is 2.29. The maximum absolute atomic E-state index is 13.3. The molecule has 0 bridgehead atoms. The Balaban J connectivity index is 5.18. The van der Waals surface area contributed by atoms with Crippen LogP contribution in [-0.4, -0.2) is 96.1 Å². The molecule has 0 aliphatic heterocycles. The van der Waals surface area contributed by atoms with E-state index in [0.717, 1.165) is 0 Å². The van der Waals surface area contributed by atoms with E-state index in [1.54, 1.807) is 13.8 Å². The van der Waals surface area contributed by atoms with Gasteiger partial charge in [0.05, 0.1) is 37.2 Å². The largest absolute Gasteiger partial charge is 0.375 e. The molecule has 0 saturated carbocycles. The van der Waals surface area contributed by atoms with Crippen molar-refractivity contribution in [3.05, 3.63) is 0 Å². The van der Waals surface area contributed by atoms with Crippen LogP contribution < -0.4 is 38.5 Å². The second-order valence-corrected chi connectivity index (χ2v) is 17.4. The van der Waals surface area contributed by atoms with Crippen LogP contribution in [0.5, 0.6) is 0 Å². The minimum absolute atomic E-state index is 0.0226. The van der Waals surface area contributed by atoms with Gasteiger partial charge in [0.1, 0.15) is 11.8 Å². The fourth-order valence-corrected chi connectivity index (χ4v) is 4.68. The highest BCUT2D eigenvalue weighted by Crippen LogP contribution is 2.18. The first-order valence-electron chi connectivity index (χ1n) is 17.9. The minimum atomic E-state index is -0.892. The van der Waals surface area contributed by atoms with Crippen molar-refractivity contribution in [2.75, 3.05) is 32.9 Å². The van der Waals surface area contributed by atoms with Crippen molar-refractivity contribution >= 4 is 23.6 Å². The summed E-state index contributed by atoms with van der Waals surface area (Å²) < 4.78 is 17.4. The van der Waals surface area contributed by atoms with Crippen LogP contribution in [0.15, 0.2) is 0 Å². The molecule has 0 aromatic carbocycles. The highest BCUT2D eigenvalue weighted by atomic mass is 16.5. The minimum Gasteiger partial charge on any atom is -0.375 e. The van der Waals surface area contributed by atoms with Crippen molar-refractivity contribution in [1.82, 2.24) is 21.3 Å². The number of unbranched alkanes of at least 4 members (excludes halogenated alkanes) is 1. The monoisotopic (exact) mass is 716 g/mol. The first-order chi connectivity index (χ1) is 22.5. The van der Waals surface area contributed by atoms with Crippen molar-refractivity contribution in [2.45, 2.75) is 174 Å². The van der Waals surface area contributed by atoms with Gasteiger partial charge in [-0.2, -0.15) is 0 Å². The van der Waals surface area contributed by atoms with Gasteiger partial charge >= 0.3 is 0 Å². The van der Waals surface area contributed by atoms with Gasteiger partial charge in [0, 0.05) is 36.4 Å². The van der Waals surface area contributed by atoms with Gasteiger partial charge in [-0.25, -0.2) is 0 Å². The molecule has 14 nitrogen and oxygen atoms in total. The summed E-state index contributed by atoms with van der Waals surface area (Å²) in [7, 11) is 0. The van der Waals surface area contributed by atoms with Crippen LogP contribution in [0.1, 0.15) is 134 Å². The molecule has 0 fully saturated rings. The fourth-order valence-electron chi connectivity index (χ4n) is 4.68. The Labute approximate surface area is 302 Å². The summed E-state index contributed by atoms with van der Waals surface area (Å²) >= 11 is 0. The average Bonchev–Trinajstić information content (AvgIpc) is 2.87. The molecule has 50 heavy (non-hydrogen) atoms. The van der Waals surface area contributed by atoms with Crippen LogP contribution in [0.4, 0.5) is 0 Å². The first kappa shape index (κ1) is 47.6. The summed E-state index contributed by atoms with van der Waals surface area (Å²) in [6.07, 6.45) is 3.44. The summed E-state index contributed by atoms with van der Waals surface area (Å²) in [6, 6.07) is -0.892. The molecule has 14 heteroatoms. The van der Waals surface area contributed by atoms with Gasteiger partial charge < -0.3 is 52.7 Å².